The molecule has 1 amide bonds. The Morgan fingerprint density at radius 3 is 2.67 bits per heavy atom. The summed E-state index contributed by atoms with van der Waals surface area (Å²) in [6.45, 7) is 3.24. The van der Waals surface area contributed by atoms with Gasteiger partial charge in [0.05, 0.1) is 6.10 Å². The molecule has 8 heteroatoms. The van der Waals surface area contributed by atoms with Gasteiger partial charge in [-0.25, -0.2) is 13.6 Å². The Kier molecular flexibility index (Phi) is 4.40. The fraction of sp³-hybridized carbons (Fsp3) is 0.615. The van der Waals surface area contributed by atoms with Gasteiger partial charge in [0.25, 0.3) is 5.91 Å². The van der Waals surface area contributed by atoms with E-state index in [1.54, 1.807) is 19.1 Å². The fourth-order valence-electron chi connectivity index (χ4n) is 2.59. The number of nitrogens with two attached hydrogens (primary N) is 1. The number of nitrogens with zero attached hydrogens (tertiary/aromatic N) is 2. The van der Waals surface area contributed by atoms with Gasteiger partial charge in [-0.05, 0) is 18.4 Å². The second-order valence-electron chi connectivity index (χ2n) is 5.51. The summed E-state index contributed by atoms with van der Waals surface area (Å²) in [6, 6.07) is 1.32. The molecule has 1 fully saturated rings. The molecule has 1 aliphatic heterocycles. The molecule has 1 aromatic heterocycles. The molecule has 2 rings (SSSR count). The van der Waals surface area contributed by atoms with E-state index in [4.69, 9.17) is 9.88 Å². The largest absolute Gasteiger partial charge is 0.379 e. The minimum Gasteiger partial charge on any atom is -0.379 e. The first-order chi connectivity index (χ1) is 9.74. The SMILES string of the molecule is COC1CN(C(=O)c2cc(S(N)(=O)=O)cn2C)CCC1C. The Labute approximate surface area is 124 Å². The first-order valence-electron chi connectivity index (χ1n) is 6.75. The van der Waals surface area contributed by atoms with Gasteiger partial charge >= 0.3 is 0 Å². The molecule has 21 heavy (non-hydrogen) atoms. The normalized spacial score (nSPS) is 23.3. The molecule has 7 nitrogen and oxygen atoms in total. The van der Waals surface area contributed by atoms with E-state index >= 15 is 0 Å². The quantitative estimate of drug-likeness (QED) is 0.860. The number of rotatable bonds is 3. The van der Waals surface area contributed by atoms with Crippen molar-refractivity contribution in [1.82, 2.24) is 9.47 Å². The van der Waals surface area contributed by atoms with Crippen molar-refractivity contribution in [2.45, 2.75) is 24.3 Å². The van der Waals surface area contributed by atoms with Crippen LogP contribution in [0.3, 0.4) is 0 Å². The van der Waals surface area contributed by atoms with Crippen LogP contribution in [-0.2, 0) is 21.8 Å². The number of hydrogen-bond donors (Lipinski definition) is 1. The molecule has 0 radical (unpaired) electrons. The molecule has 2 heterocycles. The molecule has 2 atom stereocenters. The van der Waals surface area contributed by atoms with Gasteiger partial charge in [0.15, 0.2) is 0 Å². The van der Waals surface area contributed by atoms with E-state index in [0.717, 1.165) is 6.42 Å². The summed E-state index contributed by atoms with van der Waals surface area (Å²) < 4.78 is 29.6. The maximum Gasteiger partial charge on any atom is 0.270 e. The van der Waals surface area contributed by atoms with E-state index in [-0.39, 0.29) is 16.9 Å². The number of primary sulfonamides is 1. The first-order valence-corrected chi connectivity index (χ1v) is 8.30. The summed E-state index contributed by atoms with van der Waals surface area (Å²) in [5.41, 5.74) is 0.309. The van der Waals surface area contributed by atoms with Crippen LogP contribution >= 0.6 is 0 Å². The third kappa shape index (κ3) is 3.28. The lowest BCUT2D eigenvalue weighted by Gasteiger charge is -2.36. The summed E-state index contributed by atoms with van der Waals surface area (Å²) in [6.07, 6.45) is 2.21. The maximum absolute atomic E-state index is 12.5. The third-order valence-corrected chi connectivity index (χ3v) is 4.89. The Morgan fingerprint density at radius 2 is 2.14 bits per heavy atom. The van der Waals surface area contributed by atoms with Gasteiger partial charge < -0.3 is 14.2 Å². The Bertz CT molecular complexity index is 638. The highest BCUT2D eigenvalue weighted by Crippen LogP contribution is 2.22. The van der Waals surface area contributed by atoms with Gasteiger partial charge in [0, 0.05) is 33.4 Å². The average Bonchev–Trinajstić information content (AvgIpc) is 2.80. The third-order valence-electron chi connectivity index (χ3n) is 4.01. The molecular weight excluding hydrogens is 294 g/mol. The zero-order valence-corrected chi connectivity index (χ0v) is 13.3. The Hall–Kier alpha value is -1.38. The zero-order chi connectivity index (χ0) is 15.8. The van der Waals surface area contributed by atoms with E-state index < -0.39 is 10.0 Å². The van der Waals surface area contributed by atoms with E-state index in [1.165, 1.54) is 16.8 Å². The lowest BCUT2D eigenvalue weighted by atomic mass is 9.95. The van der Waals surface area contributed by atoms with Crippen molar-refractivity contribution >= 4 is 15.9 Å². The monoisotopic (exact) mass is 315 g/mol. The summed E-state index contributed by atoms with van der Waals surface area (Å²) in [5.74, 6) is 0.189. The smallest absolute Gasteiger partial charge is 0.270 e. The van der Waals surface area contributed by atoms with Gasteiger partial charge in [0.1, 0.15) is 10.6 Å². The van der Waals surface area contributed by atoms with Crippen molar-refractivity contribution in [2.24, 2.45) is 18.1 Å². The number of likely N-dealkylation sites (tertiary alicyclic amines) is 1. The highest BCUT2D eigenvalue weighted by Gasteiger charge is 2.30. The van der Waals surface area contributed by atoms with Gasteiger partial charge in [-0.3, -0.25) is 4.79 Å². The highest BCUT2D eigenvalue weighted by atomic mass is 32.2. The zero-order valence-electron chi connectivity index (χ0n) is 12.4. The van der Waals surface area contributed by atoms with Crippen LogP contribution < -0.4 is 5.14 Å². The lowest BCUT2D eigenvalue weighted by Crippen LogP contribution is -2.47. The standard InChI is InChI=1S/C13H21N3O4S/c1-9-4-5-16(8-12(9)20-3)13(17)11-6-10(7-15(11)2)21(14,18)19/h6-7,9,12H,4-5,8H2,1-3H3,(H2,14,18,19). The molecule has 118 valence electrons. The first kappa shape index (κ1) is 16.0. The van der Waals surface area contributed by atoms with Crippen LogP contribution in [0, 0.1) is 5.92 Å². The molecule has 0 saturated carbocycles. The number of hydrogen-bond acceptors (Lipinski definition) is 4. The summed E-state index contributed by atoms with van der Waals surface area (Å²) in [7, 11) is -0.546. The predicted molar refractivity (Wildman–Crippen MR) is 77.3 cm³/mol. The molecule has 1 aromatic rings. The van der Waals surface area contributed by atoms with E-state index in [0.29, 0.717) is 24.7 Å². The summed E-state index contributed by atoms with van der Waals surface area (Å²) in [4.78, 5) is 14.2. The Balaban J connectivity index is 2.23. The predicted octanol–water partition coefficient (Wildman–Crippen LogP) is 0.170. The van der Waals surface area contributed by atoms with Gasteiger partial charge in [-0.1, -0.05) is 6.92 Å². The van der Waals surface area contributed by atoms with Crippen molar-refractivity contribution in [3.8, 4) is 0 Å². The Morgan fingerprint density at radius 1 is 1.48 bits per heavy atom. The second-order valence-corrected chi connectivity index (χ2v) is 7.07. The minimum atomic E-state index is -3.81. The van der Waals surface area contributed by atoms with Crippen molar-refractivity contribution in [3.05, 3.63) is 18.0 Å². The van der Waals surface area contributed by atoms with Gasteiger partial charge in [-0.15, -0.1) is 0 Å². The molecule has 0 aliphatic carbocycles. The molecule has 0 spiro atoms. The summed E-state index contributed by atoms with van der Waals surface area (Å²) >= 11 is 0. The molecule has 1 saturated heterocycles. The number of amides is 1. The number of sulfonamides is 1. The molecule has 0 aromatic carbocycles. The number of aromatic nitrogens is 1. The van der Waals surface area contributed by atoms with Crippen molar-refractivity contribution in [2.75, 3.05) is 20.2 Å². The van der Waals surface area contributed by atoms with Gasteiger partial charge in [-0.2, -0.15) is 0 Å². The number of piperidine rings is 1. The van der Waals surface area contributed by atoms with E-state index in [9.17, 15) is 13.2 Å². The minimum absolute atomic E-state index is 0.000630. The highest BCUT2D eigenvalue weighted by molar-refractivity contribution is 7.89. The maximum atomic E-state index is 12.5. The average molecular weight is 315 g/mol. The molecule has 2 N–H and O–H groups in total. The van der Waals surface area contributed by atoms with E-state index in [1.807, 2.05) is 0 Å². The van der Waals surface area contributed by atoms with Crippen LogP contribution in [-0.4, -0.2) is 50.1 Å². The number of aryl methyl sites for hydroxylation is 1. The van der Waals surface area contributed by atoms with Crippen molar-refractivity contribution < 1.29 is 17.9 Å². The summed E-state index contributed by atoms with van der Waals surface area (Å²) in [5, 5.41) is 5.09. The number of carbonyl (C=O) groups is 1. The van der Waals surface area contributed by atoms with Crippen LogP contribution in [0.4, 0.5) is 0 Å². The van der Waals surface area contributed by atoms with Crippen molar-refractivity contribution in [1.29, 1.82) is 0 Å². The molecule has 0 bridgehead atoms. The van der Waals surface area contributed by atoms with Crippen LogP contribution in [0.1, 0.15) is 23.8 Å². The van der Waals surface area contributed by atoms with Crippen LogP contribution in [0.25, 0.3) is 0 Å². The van der Waals surface area contributed by atoms with Crippen LogP contribution in [0.2, 0.25) is 0 Å². The number of methoxy groups -OCH3 is 1. The number of carbonyl (C=O) groups excluding carboxylic acids is 1. The molecular formula is C13H21N3O4S. The second kappa shape index (κ2) is 5.78. The topological polar surface area (TPSA) is 94.6 Å². The lowest BCUT2D eigenvalue weighted by molar-refractivity contribution is -0.00190. The van der Waals surface area contributed by atoms with Crippen LogP contribution in [0.5, 0.6) is 0 Å². The molecule has 2 unspecified atom stereocenters. The van der Waals surface area contributed by atoms with E-state index in [2.05, 4.69) is 6.92 Å². The fourth-order valence-corrected chi connectivity index (χ4v) is 3.17. The van der Waals surface area contributed by atoms with Crippen molar-refractivity contribution in [3.63, 3.8) is 0 Å². The molecule has 1 aliphatic rings. The number of ether oxygens (including phenoxy) is 1. The van der Waals surface area contributed by atoms with Gasteiger partial charge in [0.2, 0.25) is 10.0 Å². The van der Waals surface area contributed by atoms with Crippen LogP contribution in [0.15, 0.2) is 17.2 Å².